The topological polar surface area (TPSA) is 41.6 Å². The average Bonchev–Trinajstić information content (AvgIpc) is 3.02. The summed E-state index contributed by atoms with van der Waals surface area (Å²) in [6, 6.07) is 7.05. The number of halogens is 3. The van der Waals surface area contributed by atoms with E-state index >= 15 is 0 Å². The molecule has 1 spiro atoms. The number of fused-ring (bicyclic) bond motifs is 2. The van der Waals surface area contributed by atoms with Gasteiger partial charge in [0, 0.05) is 13.0 Å². The molecule has 1 fully saturated rings. The van der Waals surface area contributed by atoms with Gasteiger partial charge in [0.1, 0.15) is 12.1 Å². The molecule has 0 bridgehead atoms. The molecule has 1 atom stereocenters. The van der Waals surface area contributed by atoms with E-state index in [1.54, 1.807) is 0 Å². The van der Waals surface area contributed by atoms with Crippen LogP contribution >= 0.6 is 0 Å². The highest BCUT2D eigenvalue weighted by Crippen LogP contribution is 2.43. The number of alkyl halides is 3. The van der Waals surface area contributed by atoms with E-state index in [0.717, 1.165) is 11.1 Å². The van der Waals surface area contributed by atoms with Crippen molar-refractivity contribution in [3.63, 3.8) is 0 Å². The number of carbonyl (C=O) groups excluding carboxylic acids is 1. The van der Waals surface area contributed by atoms with Crippen LogP contribution in [-0.4, -0.2) is 36.7 Å². The third-order valence-corrected chi connectivity index (χ3v) is 3.97. The van der Waals surface area contributed by atoms with E-state index in [1.807, 2.05) is 29.6 Å². The van der Waals surface area contributed by atoms with Crippen LogP contribution in [0, 0.1) is 0 Å². The number of carbonyl (C=O) groups is 1. The molecule has 7 heteroatoms. The molecule has 4 nitrogen and oxygen atoms in total. The number of amides is 2. The molecular formula is C14H15F3N2O2. The Morgan fingerprint density at radius 2 is 2.14 bits per heavy atom. The molecule has 2 heterocycles. The average molecular weight is 300 g/mol. The van der Waals surface area contributed by atoms with Crippen LogP contribution in [0.15, 0.2) is 24.3 Å². The smallest absolute Gasteiger partial charge is 0.364 e. The van der Waals surface area contributed by atoms with Gasteiger partial charge in [-0.25, -0.2) is 4.79 Å². The van der Waals surface area contributed by atoms with Crippen molar-refractivity contribution >= 4 is 6.03 Å². The molecule has 2 aliphatic heterocycles. The summed E-state index contributed by atoms with van der Waals surface area (Å²) in [5, 5.41) is 1.90. The van der Waals surface area contributed by atoms with E-state index < -0.39 is 24.4 Å². The van der Waals surface area contributed by atoms with E-state index in [0.29, 0.717) is 19.6 Å². The lowest BCUT2D eigenvalue weighted by Crippen LogP contribution is -2.44. The lowest BCUT2D eigenvalue weighted by molar-refractivity contribution is -0.123. The summed E-state index contributed by atoms with van der Waals surface area (Å²) in [5.41, 5.74) is 1.55. The molecule has 1 N–H and O–H groups in total. The number of ether oxygens (including phenoxy) is 1. The molecule has 1 aromatic rings. The van der Waals surface area contributed by atoms with Crippen molar-refractivity contribution in [3.05, 3.63) is 35.4 Å². The molecule has 0 aliphatic carbocycles. The fourth-order valence-corrected chi connectivity index (χ4v) is 2.96. The van der Waals surface area contributed by atoms with Gasteiger partial charge in [0.2, 0.25) is 0 Å². The molecule has 21 heavy (non-hydrogen) atoms. The third kappa shape index (κ3) is 2.70. The first-order chi connectivity index (χ1) is 9.90. The van der Waals surface area contributed by atoms with Crippen LogP contribution in [-0.2, 0) is 16.9 Å². The van der Waals surface area contributed by atoms with Gasteiger partial charge in [-0.05, 0) is 11.1 Å². The fraction of sp³-hybridized carbons (Fsp3) is 0.500. The van der Waals surface area contributed by atoms with Gasteiger partial charge in [0.15, 0.2) is 0 Å². The zero-order valence-corrected chi connectivity index (χ0v) is 11.2. The second-order valence-corrected chi connectivity index (χ2v) is 5.39. The lowest BCUT2D eigenvalue weighted by Gasteiger charge is -2.25. The van der Waals surface area contributed by atoms with Gasteiger partial charge in [-0.2, -0.15) is 13.2 Å². The Bertz CT molecular complexity index is 561. The van der Waals surface area contributed by atoms with Gasteiger partial charge in [0.05, 0.1) is 13.2 Å². The van der Waals surface area contributed by atoms with Gasteiger partial charge in [-0.15, -0.1) is 0 Å². The number of rotatable bonds is 1. The highest BCUT2D eigenvalue weighted by atomic mass is 19.4. The Morgan fingerprint density at radius 3 is 2.90 bits per heavy atom. The summed E-state index contributed by atoms with van der Waals surface area (Å²) in [5.74, 6) is 0. The quantitative estimate of drug-likeness (QED) is 0.865. The van der Waals surface area contributed by atoms with Crippen molar-refractivity contribution in [2.45, 2.75) is 24.8 Å². The van der Waals surface area contributed by atoms with Crippen LogP contribution in [0.3, 0.4) is 0 Å². The van der Waals surface area contributed by atoms with Crippen molar-refractivity contribution in [3.8, 4) is 0 Å². The van der Waals surface area contributed by atoms with Crippen molar-refractivity contribution in [1.29, 1.82) is 0 Å². The maximum atomic E-state index is 12.1. The van der Waals surface area contributed by atoms with Crippen molar-refractivity contribution in [2.75, 3.05) is 19.6 Å². The number of likely N-dealkylation sites (tertiary alicyclic amines) is 1. The Labute approximate surface area is 119 Å². The summed E-state index contributed by atoms with van der Waals surface area (Å²) < 4.78 is 42.3. The number of hydrogen-bond donors (Lipinski definition) is 1. The molecular weight excluding hydrogens is 285 g/mol. The van der Waals surface area contributed by atoms with E-state index in [-0.39, 0.29) is 6.54 Å². The third-order valence-electron chi connectivity index (χ3n) is 3.97. The van der Waals surface area contributed by atoms with E-state index in [1.165, 1.54) is 4.90 Å². The van der Waals surface area contributed by atoms with Gasteiger partial charge in [-0.1, -0.05) is 24.3 Å². The Kier molecular flexibility index (Phi) is 3.32. The van der Waals surface area contributed by atoms with Gasteiger partial charge in [0.25, 0.3) is 0 Å². The minimum Gasteiger partial charge on any atom is -0.364 e. The molecule has 1 saturated heterocycles. The Morgan fingerprint density at radius 1 is 1.38 bits per heavy atom. The van der Waals surface area contributed by atoms with Crippen LogP contribution in [0.5, 0.6) is 0 Å². The van der Waals surface area contributed by atoms with Gasteiger partial charge in [-0.3, -0.25) is 0 Å². The highest BCUT2D eigenvalue weighted by Gasteiger charge is 2.46. The SMILES string of the molecule is O=C(NCC(F)(F)F)N1CCC2(C1)OCc1ccccc12. The predicted molar refractivity (Wildman–Crippen MR) is 68.6 cm³/mol. The van der Waals surface area contributed by atoms with E-state index in [9.17, 15) is 18.0 Å². The monoisotopic (exact) mass is 300 g/mol. The summed E-state index contributed by atoms with van der Waals surface area (Å²) in [6.07, 6.45) is -3.80. The molecule has 114 valence electrons. The number of nitrogens with zero attached hydrogens (tertiary/aromatic N) is 1. The predicted octanol–water partition coefficient (Wildman–Crippen LogP) is 2.39. The first kappa shape index (κ1) is 14.2. The molecule has 2 amide bonds. The molecule has 2 aliphatic rings. The van der Waals surface area contributed by atoms with E-state index in [4.69, 9.17) is 4.74 Å². The minimum atomic E-state index is -4.40. The summed E-state index contributed by atoms with van der Waals surface area (Å²) in [7, 11) is 0. The second kappa shape index (κ2) is 4.91. The summed E-state index contributed by atoms with van der Waals surface area (Å²) >= 11 is 0. The first-order valence-electron chi connectivity index (χ1n) is 6.72. The van der Waals surface area contributed by atoms with Crippen molar-refractivity contribution in [2.24, 2.45) is 0 Å². The highest BCUT2D eigenvalue weighted by molar-refractivity contribution is 5.74. The van der Waals surface area contributed by atoms with Crippen molar-refractivity contribution < 1.29 is 22.7 Å². The van der Waals surface area contributed by atoms with Crippen LogP contribution in [0.2, 0.25) is 0 Å². The molecule has 0 aromatic heterocycles. The molecule has 0 radical (unpaired) electrons. The molecule has 0 saturated carbocycles. The van der Waals surface area contributed by atoms with Crippen molar-refractivity contribution in [1.82, 2.24) is 10.2 Å². The van der Waals surface area contributed by atoms with Crippen LogP contribution < -0.4 is 5.32 Å². The zero-order chi connectivity index (χ0) is 15.1. The standard InChI is InChI=1S/C14H15F3N2O2/c15-14(16,17)8-18-12(20)19-6-5-13(9-19)11-4-2-1-3-10(11)7-21-13/h1-4H,5-9H2,(H,18,20). The van der Waals surface area contributed by atoms with Gasteiger partial charge >= 0.3 is 12.2 Å². The van der Waals surface area contributed by atoms with Gasteiger partial charge < -0.3 is 15.0 Å². The molecule has 1 unspecified atom stereocenters. The zero-order valence-electron chi connectivity index (χ0n) is 11.2. The molecule has 3 rings (SSSR count). The van der Waals surface area contributed by atoms with Crippen LogP contribution in [0.4, 0.5) is 18.0 Å². The minimum absolute atomic E-state index is 0.285. The maximum absolute atomic E-state index is 12.1. The normalized spacial score (nSPS) is 24.4. The first-order valence-corrected chi connectivity index (χ1v) is 6.72. The lowest BCUT2D eigenvalue weighted by atomic mass is 9.92. The van der Waals surface area contributed by atoms with E-state index in [2.05, 4.69) is 0 Å². The largest absolute Gasteiger partial charge is 0.405 e. The number of nitrogens with one attached hydrogen (secondary N) is 1. The number of hydrogen-bond acceptors (Lipinski definition) is 2. The number of urea groups is 1. The summed E-state index contributed by atoms with van der Waals surface area (Å²) in [6.45, 7) is -0.160. The summed E-state index contributed by atoms with van der Waals surface area (Å²) in [4.78, 5) is 13.2. The maximum Gasteiger partial charge on any atom is 0.405 e. The second-order valence-electron chi connectivity index (χ2n) is 5.39. The van der Waals surface area contributed by atoms with Crippen LogP contribution in [0.25, 0.3) is 0 Å². The Hall–Kier alpha value is -1.76. The van der Waals surface area contributed by atoms with Crippen LogP contribution in [0.1, 0.15) is 17.5 Å². The molecule has 1 aromatic carbocycles. The Balaban J connectivity index is 1.68. The fourth-order valence-electron chi connectivity index (χ4n) is 2.96. The number of benzene rings is 1.